The van der Waals surface area contributed by atoms with Crippen molar-refractivity contribution in [1.29, 1.82) is 0 Å². The summed E-state index contributed by atoms with van der Waals surface area (Å²) in [5.41, 5.74) is 0.891. The number of hydrogen-bond donors (Lipinski definition) is 2. The predicted molar refractivity (Wildman–Crippen MR) is 33.7 cm³/mol. The van der Waals surface area contributed by atoms with Gasteiger partial charge in [-0.3, -0.25) is 15.0 Å². The van der Waals surface area contributed by atoms with Gasteiger partial charge >= 0.3 is 0 Å². The highest BCUT2D eigenvalue weighted by molar-refractivity contribution is 6.21. The minimum Gasteiger partial charge on any atom is -0.448 e. The number of rotatable bonds is 4. The van der Waals surface area contributed by atoms with Gasteiger partial charge in [0.15, 0.2) is 5.56 Å². The van der Waals surface area contributed by atoms with Gasteiger partial charge < -0.3 is 4.74 Å². The second-order valence-electron chi connectivity index (χ2n) is 1.41. The third-order valence-corrected chi connectivity index (χ3v) is 0.967. The zero-order valence-corrected chi connectivity index (χ0v) is 5.80. The van der Waals surface area contributed by atoms with Crippen molar-refractivity contribution in [3.8, 4) is 0 Å². The molecule has 0 aliphatic carbocycles. The predicted octanol–water partition coefficient (Wildman–Crippen LogP) is -0.896. The maximum absolute atomic E-state index is 10.4. The lowest BCUT2D eigenvalue weighted by Crippen LogP contribution is -2.32. The van der Waals surface area contributed by atoms with Crippen LogP contribution in [0.3, 0.4) is 0 Å². The molecule has 0 spiro atoms. The third-order valence-electron chi connectivity index (χ3n) is 0.710. The Kier molecular flexibility index (Phi) is 4.61. The first kappa shape index (κ1) is 9.19. The van der Waals surface area contributed by atoms with Crippen LogP contribution in [0.5, 0.6) is 0 Å². The Morgan fingerprint density at radius 1 is 1.90 bits per heavy atom. The number of hydrogen-bond acceptors (Lipinski definition) is 4. The molecule has 0 aliphatic heterocycles. The van der Waals surface area contributed by atoms with E-state index in [-0.39, 0.29) is 12.9 Å². The zero-order valence-electron chi connectivity index (χ0n) is 5.04. The monoisotopic (exact) mass is 166 g/mol. The Balaban J connectivity index is 3.46. The molecule has 0 bridgehead atoms. The summed E-state index contributed by atoms with van der Waals surface area (Å²) in [6.07, 6.45) is -0.142. The summed E-state index contributed by atoms with van der Waals surface area (Å²) in [4.78, 5) is 20.0. The normalized spacial score (nSPS) is 11.8. The molecule has 5 nitrogen and oxygen atoms in total. The van der Waals surface area contributed by atoms with E-state index in [4.69, 9.17) is 17.4 Å². The Morgan fingerprint density at radius 3 is 2.90 bits per heavy atom. The maximum Gasteiger partial charge on any atom is 0.294 e. The lowest BCUT2D eigenvalue weighted by Gasteiger charge is -2.04. The highest BCUT2D eigenvalue weighted by Gasteiger charge is 2.08. The van der Waals surface area contributed by atoms with Crippen LogP contribution in [0.4, 0.5) is 0 Å². The first-order valence-corrected chi connectivity index (χ1v) is 2.87. The van der Waals surface area contributed by atoms with Gasteiger partial charge in [-0.2, -0.15) is 0 Å². The number of ether oxygens (including phenoxy) is 1. The fraction of sp³-hybridized carbons (Fsp3) is 0.500. The molecule has 0 radical (unpaired) electrons. The van der Waals surface area contributed by atoms with E-state index in [9.17, 15) is 9.59 Å². The van der Waals surface area contributed by atoms with Crippen molar-refractivity contribution in [3.63, 3.8) is 0 Å². The number of nitrogens with two attached hydrogens (primary N) is 1. The van der Waals surface area contributed by atoms with Gasteiger partial charge in [0.1, 0.15) is 0 Å². The number of nitrogens with one attached hydrogen (secondary N) is 1. The van der Waals surface area contributed by atoms with Crippen molar-refractivity contribution in [3.05, 3.63) is 0 Å². The van der Waals surface area contributed by atoms with Gasteiger partial charge in [-0.05, 0) is 0 Å². The average molecular weight is 167 g/mol. The van der Waals surface area contributed by atoms with Crippen molar-refractivity contribution in [2.45, 2.75) is 12.0 Å². The number of alkyl halides is 1. The van der Waals surface area contributed by atoms with E-state index in [1.165, 1.54) is 0 Å². The summed E-state index contributed by atoms with van der Waals surface area (Å²) in [6.45, 7) is 0.168. The number of hydrazine groups is 1. The second-order valence-corrected chi connectivity index (χ2v) is 1.90. The maximum atomic E-state index is 10.4. The highest BCUT2D eigenvalue weighted by Crippen LogP contribution is 2.00. The summed E-state index contributed by atoms with van der Waals surface area (Å²) in [5, 5.41) is 0. The molecule has 6 heteroatoms. The Morgan fingerprint density at radius 2 is 2.50 bits per heavy atom. The van der Waals surface area contributed by atoms with Crippen molar-refractivity contribution in [1.82, 2.24) is 5.43 Å². The molecular weight excluding hydrogens is 160 g/mol. The average Bonchev–Trinajstić information content (AvgIpc) is 1.88. The van der Waals surface area contributed by atoms with Gasteiger partial charge in [0.05, 0.1) is 6.42 Å². The fourth-order valence-corrected chi connectivity index (χ4v) is 0.495. The van der Waals surface area contributed by atoms with Gasteiger partial charge in [-0.15, -0.1) is 0 Å². The SMILES string of the molecule is NNC(=O)CC(Cl)OC=O. The molecule has 0 fully saturated rings. The molecule has 0 aromatic rings. The van der Waals surface area contributed by atoms with Crippen molar-refractivity contribution in [2.24, 2.45) is 5.84 Å². The summed E-state index contributed by atoms with van der Waals surface area (Å²) < 4.78 is 4.18. The summed E-state index contributed by atoms with van der Waals surface area (Å²) in [6, 6.07) is 0. The molecule has 0 heterocycles. The van der Waals surface area contributed by atoms with Crippen molar-refractivity contribution < 1.29 is 14.3 Å². The Labute approximate surface area is 62.4 Å². The highest BCUT2D eigenvalue weighted by atomic mass is 35.5. The van der Waals surface area contributed by atoms with Gasteiger partial charge in [0.2, 0.25) is 5.91 Å². The molecule has 3 N–H and O–H groups in total. The van der Waals surface area contributed by atoms with E-state index < -0.39 is 11.5 Å². The Hall–Kier alpha value is -0.810. The van der Waals surface area contributed by atoms with Crippen molar-refractivity contribution >= 4 is 24.0 Å². The first-order valence-electron chi connectivity index (χ1n) is 2.43. The molecule has 0 rings (SSSR count). The molecule has 1 atom stereocenters. The van der Waals surface area contributed by atoms with Crippen LogP contribution in [0.1, 0.15) is 6.42 Å². The summed E-state index contributed by atoms with van der Waals surface area (Å²) >= 11 is 5.28. The number of carbonyl (C=O) groups excluding carboxylic acids is 2. The van der Waals surface area contributed by atoms with Gasteiger partial charge in [-0.1, -0.05) is 11.6 Å². The summed E-state index contributed by atoms with van der Waals surface area (Å²) in [5.74, 6) is 4.23. The standard InChI is InChI=1S/C4H7ClN2O3/c5-3(10-2-8)1-4(9)7-6/h2-3H,1,6H2,(H,7,9). The molecule has 0 aromatic heterocycles. The third kappa shape index (κ3) is 4.11. The van der Waals surface area contributed by atoms with E-state index in [1.807, 2.05) is 5.43 Å². The van der Waals surface area contributed by atoms with Crippen LogP contribution in [0.15, 0.2) is 0 Å². The van der Waals surface area contributed by atoms with Gasteiger partial charge in [0, 0.05) is 0 Å². The minimum absolute atomic E-state index is 0.142. The van der Waals surface area contributed by atoms with Gasteiger partial charge in [-0.25, -0.2) is 5.84 Å². The van der Waals surface area contributed by atoms with E-state index >= 15 is 0 Å². The lowest BCUT2D eigenvalue weighted by molar-refractivity contribution is -0.132. The molecule has 0 saturated carbocycles. The van der Waals surface area contributed by atoms with E-state index in [2.05, 4.69) is 4.74 Å². The molecule has 1 amide bonds. The van der Waals surface area contributed by atoms with Crippen molar-refractivity contribution in [2.75, 3.05) is 0 Å². The number of carbonyl (C=O) groups is 2. The molecule has 0 aromatic carbocycles. The molecule has 0 saturated heterocycles. The van der Waals surface area contributed by atoms with Crippen LogP contribution in [0.2, 0.25) is 0 Å². The van der Waals surface area contributed by atoms with Crippen LogP contribution in [0, 0.1) is 0 Å². The van der Waals surface area contributed by atoms with Crippen LogP contribution in [0.25, 0.3) is 0 Å². The fourth-order valence-electron chi connectivity index (χ4n) is 0.313. The molecule has 58 valence electrons. The van der Waals surface area contributed by atoms with Crippen LogP contribution < -0.4 is 11.3 Å². The van der Waals surface area contributed by atoms with E-state index in [1.54, 1.807) is 0 Å². The van der Waals surface area contributed by atoms with Gasteiger partial charge in [0.25, 0.3) is 6.47 Å². The van der Waals surface area contributed by atoms with Crippen LogP contribution in [-0.4, -0.2) is 17.9 Å². The lowest BCUT2D eigenvalue weighted by atomic mass is 10.4. The molecule has 0 aliphatic rings. The van der Waals surface area contributed by atoms with Crippen LogP contribution >= 0.6 is 11.6 Å². The smallest absolute Gasteiger partial charge is 0.294 e. The molecular formula is C4H7ClN2O3. The quantitative estimate of drug-likeness (QED) is 0.187. The van der Waals surface area contributed by atoms with E-state index in [0.29, 0.717) is 0 Å². The molecule has 10 heavy (non-hydrogen) atoms. The topological polar surface area (TPSA) is 81.4 Å². The second kappa shape index (κ2) is 5.01. The number of amides is 1. The first-order chi connectivity index (χ1) is 4.70. The zero-order chi connectivity index (χ0) is 7.98. The number of halogens is 1. The largest absolute Gasteiger partial charge is 0.448 e. The van der Waals surface area contributed by atoms with Crippen LogP contribution in [-0.2, 0) is 14.3 Å². The Bertz CT molecular complexity index is 130. The minimum atomic E-state index is -0.943. The summed E-state index contributed by atoms with van der Waals surface area (Å²) in [7, 11) is 0. The van der Waals surface area contributed by atoms with E-state index in [0.717, 1.165) is 0 Å². The molecule has 1 unspecified atom stereocenters.